The van der Waals surface area contributed by atoms with Gasteiger partial charge in [-0.25, -0.2) is 0 Å². The summed E-state index contributed by atoms with van der Waals surface area (Å²) in [6.07, 6.45) is 3.88. The van der Waals surface area contributed by atoms with Gasteiger partial charge in [-0.05, 0) is 32.9 Å². The SMILES string of the molecule is CCOC(=O)[C@H](C)CN1CCCCC1. The van der Waals surface area contributed by atoms with Crippen LogP contribution in [-0.2, 0) is 9.53 Å². The molecule has 0 aliphatic carbocycles. The minimum atomic E-state index is -0.0573. The number of nitrogens with zero attached hydrogens (tertiary/aromatic N) is 1. The summed E-state index contributed by atoms with van der Waals surface area (Å²) in [4.78, 5) is 13.7. The number of carbonyl (C=O) groups excluding carboxylic acids is 1. The van der Waals surface area contributed by atoms with E-state index in [2.05, 4.69) is 4.90 Å². The normalized spacial score (nSPS) is 20.4. The molecule has 0 N–H and O–H groups in total. The lowest BCUT2D eigenvalue weighted by atomic mass is 10.1. The van der Waals surface area contributed by atoms with Crippen molar-refractivity contribution in [1.82, 2.24) is 4.90 Å². The summed E-state index contributed by atoms with van der Waals surface area (Å²) in [5.74, 6) is -0.0360. The molecular weight excluding hydrogens is 178 g/mol. The highest BCUT2D eigenvalue weighted by molar-refractivity contribution is 5.72. The lowest BCUT2D eigenvalue weighted by Crippen LogP contribution is -2.36. The Morgan fingerprint density at radius 2 is 2.00 bits per heavy atom. The largest absolute Gasteiger partial charge is 0.466 e. The molecule has 3 nitrogen and oxygen atoms in total. The van der Waals surface area contributed by atoms with E-state index in [1.54, 1.807) is 0 Å². The molecule has 1 aliphatic rings. The first-order valence-corrected chi connectivity index (χ1v) is 5.63. The van der Waals surface area contributed by atoms with Crippen LogP contribution >= 0.6 is 0 Å². The average molecular weight is 199 g/mol. The van der Waals surface area contributed by atoms with Gasteiger partial charge in [-0.15, -0.1) is 0 Å². The van der Waals surface area contributed by atoms with E-state index >= 15 is 0 Å². The van der Waals surface area contributed by atoms with E-state index in [1.165, 1.54) is 19.3 Å². The van der Waals surface area contributed by atoms with Crippen LogP contribution in [0.2, 0.25) is 0 Å². The van der Waals surface area contributed by atoms with Crippen molar-refractivity contribution in [1.29, 1.82) is 0 Å². The first-order valence-electron chi connectivity index (χ1n) is 5.63. The number of ether oxygens (including phenoxy) is 1. The molecule has 82 valence electrons. The summed E-state index contributed by atoms with van der Waals surface area (Å²) in [6.45, 7) is 7.44. The molecule has 14 heavy (non-hydrogen) atoms. The summed E-state index contributed by atoms with van der Waals surface area (Å²) < 4.78 is 4.98. The molecule has 0 spiro atoms. The van der Waals surface area contributed by atoms with E-state index in [-0.39, 0.29) is 11.9 Å². The number of esters is 1. The molecule has 0 aromatic rings. The van der Waals surface area contributed by atoms with Crippen LogP contribution in [0.15, 0.2) is 0 Å². The van der Waals surface area contributed by atoms with Crippen LogP contribution in [0.3, 0.4) is 0 Å². The van der Waals surface area contributed by atoms with Gasteiger partial charge < -0.3 is 9.64 Å². The Morgan fingerprint density at radius 1 is 1.36 bits per heavy atom. The van der Waals surface area contributed by atoms with Crippen molar-refractivity contribution in [3.8, 4) is 0 Å². The number of piperidine rings is 1. The molecule has 0 radical (unpaired) electrons. The second-order valence-corrected chi connectivity index (χ2v) is 4.01. The van der Waals surface area contributed by atoms with Crippen molar-refractivity contribution in [2.24, 2.45) is 5.92 Å². The van der Waals surface area contributed by atoms with Crippen molar-refractivity contribution >= 4 is 5.97 Å². The zero-order chi connectivity index (χ0) is 10.4. The summed E-state index contributed by atoms with van der Waals surface area (Å²) in [5.41, 5.74) is 0. The van der Waals surface area contributed by atoms with Gasteiger partial charge in [0.1, 0.15) is 0 Å². The number of hydrogen-bond donors (Lipinski definition) is 0. The summed E-state index contributed by atoms with van der Waals surface area (Å²) in [5, 5.41) is 0. The van der Waals surface area contributed by atoms with E-state index in [4.69, 9.17) is 4.74 Å². The quantitative estimate of drug-likeness (QED) is 0.645. The molecule has 1 atom stereocenters. The minimum absolute atomic E-state index is 0.0213. The second kappa shape index (κ2) is 6.02. The number of likely N-dealkylation sites (tertiary alicyclic amines) is 1. The second-order valence-electron chi connectivity index (χ2n) is 4.01. The Hall–Kier alpha value is -0.570. The Morgan fingerprint density at radius 3 is 2.57 bits per heavy atom. The van der Waals surface area contributed by atoms with Crippen molar-refractivity contribution in [3.63, 3.8) is 0 Å². The van der Waals surface area contributed by atoms with Crippen LogP contribution in [0.5, 0.6) is 0 Å². The number of rotatable bonds is 4. The Bertz CT molecular complexity index is 176. The van der Waals surface area contributed by atoms with Gasteiger partial charge in [0.25, 0.3) is 0 Å². The Labute approximate surface area is 86.4 Å². The maximum Gasteiger partial charge on any atom is 0.309 e. The smallest absolute Gasteiger partial charge is 0.309 e. The highest BCUT2D eigenvalue weighted by atomic mass is 16.5. The Balaban J connectivity index is 2.24. The van der Waals surface area contributed by atoms with E-state index in [0.29, 0.717) is 6.61 Å². The summed E-state index contributed by atoms with van der Waals surface area (Å²) in [6, 6.07) is 0. The zero-order valence-electron chi connectivity index (χ0n) is 9.29. The third-order valence-corrected chi connectivity index (χ3v) is 2.67. The molecule has 0 amide bonds. The molecule has 0 aromatic heterocycles. The molecule has 0 unspecified atom stereocenters. The van der Waals surface area contributed by atoms with E-state index in [9.17, 15) is 4.79 Å². The maximum absolute atomic E-state index is 11.4. The monoisotopic (exact) mass is 199 g/mol. The molecule has 1 heterocycles. The van der Waals surface area contributed by atoms with Crippen LogP contribution < -0.4 is 0 Å². The average Bonchev–Trinajstić information content (AvgIpc) is 2.19. The fourth-order valence-corrected chi connectivity index (χ4v) is 1.89. The topological polar surface area (TPSA) is 29.5 Å². The molecule has 1 rings (SSSR count). The molecule has 1 saturated heterocycles. The number of hydrogen-bond acceptors (Lipinski definition) is 3. The van der Waals surface area contributed by atoms with Crippen LogP contribution in [0, 0.1) is 5.92 Å². The van der Waals surface area contributed by atoms with Crippen molar-refractivity contribution in [2.75, 3.05) is 26.2 Å². The highest BCUT2D eigenvalue weighted by Gasteiger charge is 2.19. The summed E-state index contributed by atoms with van der Waals surface area (Å²) >= 11 is 0. The fraction of sp³-hybridized carbons (Fsp3) is 0.909. The van der Waals surface area contributed by atoms with Gasteiger partial charge in [0.15, 0.2) is 0 Å². The molecule has 1 fully saturated rings. The van der Waals surface area contributed by atoms with Gasteiger partial charge in [-0.2, -0.15) is 0 Å². The predicted molar refractivity (Wildman–Crippen MR) is 56.1 cm³/mol. The van der Waals surface area contributed by atoms with Crippen molar-refractivity contribution in [2.45, 2.75) is 33.1 Å². The minimum Gasteiger partial charge on any atom is -0.466 e. The molecule has 3 heteroatoms. The van der Waals surface area contributed by atoms with Gasteiger partial charge in [-0.1, -0.05) is 13.3 Å². The molecule has 0 bridgehead atoms. The lowest BCUT2D eigenvalue weighted by molar-refractivity contribution is -0.148. The third-order valence-electron chi connectivity index (χ3n) is 2.67. The molecule has 0 aromatic carbocycles. The van der Waals surface area contributed by atoms with E-state index in [1.807, 2.05) is 13.8 Å². The van der Waals surface area contributed by atoms with Crippen molar-refractivity contribution in [3.05, 3.63) is 0 Å². The fourth-order valence-electron chi connectivity index (χ4n) is 1.89. The van der Waals surface area contributed by atoms with Crippen LogP contribution in [0.4, 0.5) is 0 Å². The number of carbonyl (C=O) groups is 1. The van der Waals surface area contributed by atoms with Gasteiger partial charge in [0.05, 0.1) is 12.5 Å². The Kier molecular flexibility index (Phi) is 4.94. The standard InChI is InChI=1S/C11H21NO2/c1-3-14-11(13)10(2)9-12-7-5-4-6-8-12/h10H,3-9H2,1-2H3/t10-/m1/s1. The maximum atomic E-state index is 11.4. The van der Waals surface area contributed by atoms with Crippen LogP contribution in [-0.4, -0.2) is 37.1 Å². The highest BCUT2D eigenvalue weighted by Crippen LogP contribution is 2.11. The van der Waals surface area contributed by atoms with Crippen LogP contribution in [0.25, 0.3) is 0 Å². The van der Waals surface area contributed by atoms with Gasteiger partial charge in [0.2, 0.25) is 0 Å². The first kappa shape index (κ1) is 11.5. The molecule has 0 saturated carbocycles. The van der Waals surface area contributed by atoms with Crippen LogP contribution in [0.1, 0.15) is 33.1 Å². The summed E-state index contributed by atoms with van der Waals surface area (Å²) in [7, 11) is 0. The van der Waals surface area contributed by atoms with Crippen molar-refractivity contribution < 1.29 is 9.53 Å². The molecule has 1 aliphatic heterocycles. The van der Waals surface area contributed by atoms with Gasteiger partial charge in [0, 0.05) is 6.54 Å². The predicted octanol–water partition coefficient (Wildman–Crippen LogP) is 1.67. The van der Waals surface area contributed by atoms with Gasteiger partial charge >= 0.3 is 5.97 Å². The zero-order valence-corrected chi connectivity index (χ0v) is 9.29. The van der Waals surface area contributed by atoms with Gasteiger partial charge in [-0.3, -0.25) is 4.79 Å². The molecular formula is C11H21NO2. The third kappa shape index (κ3) is 3.66. The van der Waals surface area contributed by atoms with E-state index < -0.39 is 0 Å². The lowest BCUT2D eigenvalue weighted by Gasteiger charge is -2.28. The van der Waals surface area contributed by atoms with E-state index in [0.717, 1.165) is 19.6 Å². The first-order chi connectivity index (χ1) is 6.74.